The van der Waals surface area contributed by atoms with E-state index in [2.05, 4.69) is 18.7 Å². The van der Waals surface area contributed by atoms with Crippen LogP contribution in [0.2, 0.25) is 0 Å². The third-order valence-corrected chi connectivity index (χ3v) is 3.63. The van der Waals surface area contributed by atoms with Crippen LogP contribution in [-0.2, 0) is 5.75 Å². The highest BCUT2D eigenvalue weighted by Gasteiger charge is 2.13. The van der Waals surface area contributed by atoms with Crippen LogP contribution < -0.4 is 0 Å². The molecule has 0 amide bonds. The molecule has 0 aliphatic carbocycles. The average Bonchev–Trinajstić information content (AvgIpc) is 2.78. The molecule has 17 heavy (non-hydrogen) atoms. The lowest BCUT2D eigenvalue weighted by atomic mass is 10.3. The van der Waals surface area contributed by atoms with Crippen LogP contribution in [0.1, 0.15) is 30.0 Å². The first-order valence-electron chi connectivity index (χ1n) is 5.78. The maximum absolute atomic E-state index is 10.8. The van der Waals surface area contributed by atoms with Gasteiger partial charge in [-0.3, -0.25) is 0 Å². The number of carboxylic acid groups (broad SMARTS) is 1. The summed E-state index contributed by atoms with van der Waals surface area (Å²) in [5.41, 5.74) is 0.766. The Bertz CT molecular complexity index is 347. The SMILES string of the molecule is CCN(CC)CCSCc1ccoc1C(=O)O. The molecule has 0 aliphatic heterocycles. The number of thioether (sulfide) groups is 1. The third-order valence-electron chi connectivity index (χ3n) is 2.64. The number of hydrogen-bond donors (Lipinski definition) is 1. The monoisotopic (exact) mass is 257 g/mol. The van der Waals surface area contributed by atoms with E-state index in [9.17, 15) is 4.79 Å². The zero-order valence-electron chi connectivity index (χ0n) is 10.3. The number of rotatable bonds is 8. The quantitative estimate of drug-likeness (QED) is 0.725. The highest BCUT2D eigenvalue weighted by Crippen LogP contribution is 2.17. The Hall–Kier alpha value is -0.940. The number of hydrogen-bond acceptors (Lipinski definition) is 4. The Balaban J connectivity index is 2.31. The van der Waals surface area contributed by atoms with E-state index in [0.29, 0.717) is 5.75 Å². The second-order valence-electron chi connectivity index (χ2n) is 3.66. The average molecular weight is 257 g/mol. The van der Waals surface area contributed by atoms with Gasteiger partial charge in [0.2, 0.25) is 5.76 Å². The largest absolute Gasteiger partial charge is 0.475 e. The smallest absolute Gasteiger partial charge is 0.372 e. The number of aromatic carboxylic acids is 1. The molecule has 0 saturated carbocycles. The van der Waals surface area contributed by atoms with Crippen molar-refractivity contribution in [2.75, 3.05) is 25.4 Å². The lowest BCUT2D eigenvalue weighted by Gasteiger charge is -2.17. The fourth-order valence-electron chi connectivity index (χ4n) is 1.55. The predicted molar refractivity (Wildman–Crippen MR) is 69.6 cm³/mol. The summed E-state index contributed by atoms with van der Waals surface area (Å²) >= 11 is 1.74. The second-order valence-corrected chi connectivity index (χ2v) is 4.76. The first kappa shape index (κ1) is 14.1. The van der Waals surface area contributed by atoms with E-state index in [4.69, 9.17) is 9.52 Å². The van der Waals surface area contributed by atoms with Crippen LogP contribution in [0.25, 0.3) is 0 Å². The standard InChI is InChI=1S/C12H19NO3S/c1-3-13(4-2)6-8-17-9-10-5-7-16-11(10)12(14)15/h5,7H,3-4,6,8-9H2,1-2H3,(H,14,15). The Kier molecular flexibility index (Phi) is 6.15. The summed E-state index contributed by atoms with van der Waals surface area (Å²) in [4.78, 5) is 13.2. The van der Waals surface area contributed by atoms with Crippen LogP contribution in [0.4, 0.5) is 0 Å². The molecule has 0 saturated heterocycles. The van der Waals surface area contributed by atoms with Crippen molar-refractivity contribution in [3.8, 4) is 0 Å². The van der Waals surface area contributed by atoms with Crippen LogP contribution in [0.3, 0.4) is 0 Å². The van der Waals surface area contributed by atoms with E-state index < -0.39 is 5.97 Å². The van der Waals surface area contributed by atoms with E-state index in [1.165, 1.54) is 6.26 Å². The highest BCUT2D eigenvalue weighted by molar-refractivity contribution is 7.98. The van der Waals surface area contributed by atoms with Crippen molar-refractivity contribution in [3.63, 3.8) is 0 Å². The van der Waals surface area contributed by atoms with Crippen molar-refractivity contribution in [3.05, 3.63) is 23.7 Å². The second kappa shape index (κ2) is 7.40. The van der Waals surface area contributed by atoms with Crippen molar-refractivity contribution in [1.82, 2.24) is 4.90 Å². The maximum Gasteiger partial charge on any atom is 0.372 e. The van der Waals surface area contributed by atoms with Gasteiger partial charge in [-0.05, 0) is 19.2 Å². The van der Waals surface area contributed by atoms with Gasteiger partial charge in [-0.2, -0.15) is 11.8 Å². The summed E-state index contributed by atoms with van der Waals surface area (Å²) < 4.78 is 4.92. The molecule has 1 aromatic rings. The Morgan fingerprint density at radius 1 is 1.47 bits per heavy atom. The van der Waals surface area contributed by atoms with Crippen molar-refractivity contribution in [2.24, 2.45) is 0 Å². The molecule has 5 heteroatoms. The van der Waals surface area contributed by atoms with Crippen LogP contribution in [0, 0.1) is 0 Å². The minimum Gasteiger partial charge on any atom is -0.475 e. The van der Waals surface area contributed by atoms with Gasteiger partial charge in [-0.25, -0.2) is 4.79 Å². The molecule has 0 spiro atoms. The van der Waals surface area contributed by atoms with Gasteiger partial charge in [0, 0.05) is 23.6 Å². The normalized spacial score (nSPS) is 11.0. The maximum atomic E-state index is 10.8. The summed E-state index contributed by atoms with van der Waals surface area (Å²) in [5, 5.41) is 8.86. The molecule has 1 rings (SSSR count). The first-order valence-corrected chi connectivity index (χ1v) is 6.94. The summed E-state index contributed by atoms with van der Waals surface area (Å²) in [6.07, 6.45) is 1.43. The number of carbonyl (C=O) groups is 1. The fourth-order valence-corrected chi connectivity index (χ4v) is 2.53. The molecule has 1 aromatic heterocycles. The summed E-state index contributed by atoms with van der Waals surface area (Å²) in [6, 6.07) is 1.73. The van der Waals surface area contributed by atoms with E-state index in [0.717, 1.165) is 31.0 Å². The van der Waals surface area contributed by atoms with Crippen LogP contribution >= 0.6 is 11.8 Å². The molecule has 96 valence electrons. The van der Waals surface area contributed by atoms with Crippen molar-refractivity contribution < 1.29 is 14.3 Å². The number of carboxylic acids is 1. The summed E-state index contributed by atoms with van der Waals surface area (Å²) in [6.45, 7) is 7.45. The van der Waals surface area contributed by atoms with Gasteiger partial charge < -0.3 is 14.4 Å². The van der Waals surface area contributed by atoms with E-state index in [1.54, 1.807) is 17.8 Å². The third kappa shape index (κ3) is 4.44. The molecule has 1 heterocycles. The summed E-state index contributed by atoms with van der Waals surface area (Å²) in [5.74, 6) is 0.778. The van der Waals surface area contributed by atoms with Crippen molar-refractivity contribution in [2.45, 2.75) is 19.6 Å². The first-order chi connectivity index (χ1) is 8.19. The topological polar surface area (TPSA) is 53.7 Å². The molecule has 0 bridgehead atoms. The molecule has 0 atom stereocenters. The minimum atomic E-state index is -0.991. The van der Waals surface area contributed by atoms with E-state index >= 15 is 0 Å². The van der Waals surface area contributed by atoms with Crippen LogP contribution in [0.5, 0.6) is 0 Å². The number of nitrogens with zero attached hydrogens (tertiary/aromatic N) is 1. The molecule has 0 aliphatic rings. The lowest BCUT2D eigenvalue weighted by Crippen LogP contribution is -2.25. The van der Waals surface area contributed by atoms with Gasteiger partial charge >= 0.3 is 5.97 Å². The molecular formula is C12H19NO3S. The van der Waals surface area contributed by atoms with Gasteiger partial charge in [-0.15, -0.1) is 0 Å². The lowest BCUT2D eigenvalue weighted by molar-refractivity contribution is 0.0661. The number of furan rings is 1. The minimum absolute atomic E-state index is 0.0698. The molecule has 0 radical (unpaired) electrons. The molecule has 1 N–H and O–H groups in total. The molecule has 0 aromatic carbocycles. The zero-order valence-corrected chi connectivity index (χ0v) is 11.1. The van der Waals surface area contributed by atoms with Crippen molar-refractivity contribution in [1.29, 1.82) is 0 Å². The van der Waals surface area contributed by atoms with Gasteiger partial charge in [0.05, 0.1) is 6.26 Å². The Morgan fingerprint density at radius 3 is 2.76 bits per heavy atom. The van der Waals surface area contributed by atoms with Crippen molar-refractivity contribution >= 4 is 17.7 Å². The van der Waals surface area contributed by atoms with E-state index in [1.807, 2.05) is 0 Å². The molecule has 0 unspecified atom stereocenters. The van der Waals surface area contributed by atoms with Gasteiger partial charge in [-0.1, -0.05) is 13.8 Å². The Labute approximate surface area is 106 Å². The highest BCUT2D eigenvalue weighted by atomic mass is 32.2. The Morgan fingerprint density at radius 2 is 2.18 bits per heavy atom. The van der Waals surface area contributed by atoms with Crippen LogP contribution in [0.15, 0.2) is 16.7 Å². The fraction of sp³-hybridized carbons (Fsp3) is 0.583. The molecule has 4 nitrogen and oxygen atoms in total. The zero-order chi connectivity index (χ0) is 12.7. The van der Waals surface area contributed by atoms with E-state index in [-0.39, 0.29) is 5.76 Å². The molecular weight excluding hydrogens is 238 g/mol. The van der Waals surface area contributed by atoms with Gasteiger partial charge in [0.25, 0.3) is 0 Å². The van der Waals surface area contributed by atoms with Crippen LogP contribution in [-0.4, -0.2) is 41.4 Å². The summed E-state index contributed by atoms with van der Waals surface area (Å²) in [7, 11) is 0. The predicted octanol–water partition coefficient (Wildman–Crippen LogP) is 2.55. The molecule has 0 fully saturated rings. The van der Waals surface area contributed by atoms with Gasteiger partial charge in [0.15, 0.2) is 0 Å². The van der Waals surface area contributed by atoms with Gasteiger partial charge in [0.1, 0.15) is 0 Å².